The second kappa shape index (κ2) is 8.53. The van der Waals surface area contributed by atoms with Crippen LogP contribution < -0.4 is 14.8 Å². The van der Waals surface area contributed by atoms with E-state index in [0.29, 0.717) is 29.5 Å². The van der Waals surface area contributed by atoms with Gasteiger partial charge in [0.1, 0.15) is 5.76 Å². The fourth-order valence-electron chi connectivity index (χ4n) is 2.60. The van der Waals surface area contributed by atoms with Gasteiger partial charge in [-0.25, -0.2) is 0 Å². The van der Waals surface area contributed by atoms with E-state index in [4.69, 9.17) is 14.0 Å². The zero-order chi connectivity index (χ0) is 18.4. The van der Waals surface area contributed by atoms with Crippen molar-refractivity contribution in [2.45, 2.75) is 19.4 Å². The number of hydrogen-bond donors (Lipinski definition) is 1. The molecule has 0 saturated carbocycles. The average molecular weight is 347 g/mol. The van der Waals surface area contributed by atoms with Gasteiger partial charge in [0.25, 0.3) is 0 Å². The molecule has 136 valence electrons. The van der Waals surface area contributed by atoms with Crippen LogP contribution in [0.2, 0.25) is 0 Å². The van der Waals surface area contributed by atoms with E-state index in [1.165, 1.54) is 0 Å². The lowest BCUT2D eigenvalue weighted by molar-refractivity contribution is -0.120. The molecule has 7 nitrogen and oxygen atoms in total. The van der Waals surface area contributed by atoms with E-state index >= 15 is 0 Å². The van der Waals surface area contributed by atoms with Crippen LogP contribution >= 0.6 is 0 Å². The number of carbonyl (C=O) groups excluding carboxylic acids is 1. The van der Waals surface area contributed by atoms with Crippen molar-refractivity contribution in [2.24, 2.45) is 0 Å². The van der Waals surface area contributed by atoms with Crippen molar-refractivity contribution in [3.63, 3.8) is 0 Å². The number of aryl methyl sites for hydroxylation is 1. The number of hydrogen-bond acceptors (Lipinski definition) is 6. The Bertz CT molecular complexity index is 712. The minimum absolute atomic E-state index is 0.00259. The number of methoxy groups -OCH3 is 2. The number of benzene rings is 1. The Kier molecular flexibility index (Phi) is 6.41. The van der Waals surface area contributed by atoms with E-state index in [1.807, 2.05) is 37.2 Å². The van der Waals surface area contributed by atoms with E-state index in [2.05, 4.69) is 10.5 Å². The standard InChI is InChI=1S/C18H25N3O4/c1-12-8-14(20-25-12)10-18(22)19-11-15(21(2)3)13-6-7-16(23-4)17(9-13)24-5/h6-9,15H,10-11H2,1-5H3,(H,19,22). The van der Waals surface area contributed by atoms with Gasteiger partial charge in [-0.2, -0.15) is 0 Å². The minimum Gasteiger partial charge on any atom is -0.493 e. The first-order valence-electron chi connectivity index (χ1n) is 8.01. The second-order valence-electron chi connectivity index (χ2n) is 6.00. The van der Waals surface area contributed by atoms with Crippen molar-refractivity contribution in [1.82, 2.24) is 15.4 Å². The highest BCUT2D eigenvalue weighted by Gasteiger charge is 2.18. The van der Waals surface area contributed by atoms with Crippen LogP contribution in [-0.4, -0.2) is 50.8 Å². The van der Waals surface area contributed by atoms with Crippen LogP contribution in [0.1, 0.15) is 23.1 Å². The molecule has 1 amide bonds. The highest BCUT2D eigenvalue weighted by atomic mass is 16.5. The molecule has 1 atom stereocenters. The third-order valence-electron chi connectivity index (χ3n) is 3.93. The van der Waals surface area contributed by atoms with Crippen LogP contribution in [-0.2, 0) is 11.2 Å². The maximum atomic E-state index is 12.1. The number of amides is 1. The lowest BCUT2D eigenvalue weighted by Crippen LogP contribution is -2.35. The Morgan fingerprint density at radius 2 is 1.96 bits per heavy atom. The summed E-state index contributed by atoms with van der Waals surface area (Å²) in [6.45, 7) is 2.27. The summed E-state index contributed by atoms with van der Waals surface area (Å²) in [5.41, 5.74) is 1.66. The Morgan fingerprint density at radius 1 is 1.24 bits per heavy atom. The van der Waals surface area contributed by atoms with Gasteiger partial charge in [0, 0.05) is 12.6 Å². The number of nitrogens with one attached hydrogen (secondary N) is 1. The topological polar surface area (TPSA) is 76.8 Å². The van der Waals surface area contributed by atoms with Crippen LogP contribution in [0.25, 0.3) is 0 Å². The lowest BCUT2D eigenvalue weighted by Gasteiger charge is -2.25. The van der Waals surface area contributed by atoms with Gasteiger partial charge in [-0.05, 0) is 38.7 Å². The van der Waals surface area contributed by atoms with Crippen LogP contribution in [0.5, 0.6) is 11.5 Å². The van der Waals surface area contributed by atoms with Gasteiger partial charge in [0.05, 0.1) is 32.4 Å². The zero-order valence-corrected chi connectivity index (χ0v) is 15.3. The summed E-state index contributed by atoms with van der Waals surface area (Å²) in [5, 5.41) is 6.79. The van der Waals surface area contributed by atoms with Gasteiger partial charge in [-0.15, -0.1) is 0 Å². The van der Waals surface area contributed by atoms with Crippen molar-refractivity contribution in [2.75, 3.05) is 34.9 Å². The molecule has 1 heterocycles. The largest absolute Gasteiger partial charge is 0.493 e. The molecule has 2 rings (SSSR count). The third kappa shape index (κ3) is 4.96. The molecule has 1 aromatic heterocycles. The maximum absolute atomic E-state index is 12.1. The highest BCUT2D eigenvalue weighted by molar-refractivity contribution is 5.78. The van der Waals surface area contributed by atoms with Gasteiger partial charge in [0.15, 0.2) is 11.5 Å². The number of aromatic nitrogens is 1. The summed E-state index contributed by atoms with van der Waals surface area (Å²) in [5.74, 6) is 1.94. The first-order valence-corrected chi connectivity index (χ1v) is 8.01. The summed E-state index contributed by atoms with van der Waals surface area (Å²) in [6, 6.07) is 7.53. The number of rotatable bonds is 8. The van der Waals surface area contributed by atoms with Crippen molar-refractivity contribution in [1.29, 1.82) is 0 Å². The number of likely N-dealkylation sites (N-methyl/N-ethyl adjacent to an activating group) is 1. The fourth-order valence-corrected chi connectivity index (χ4v) is 2.60. The molecule has 1 aromatic carbocycles. The molecule has 0 fully saturated rings. The van der Waals surface area contributed by atoms with Crippen LogP contribution in [0.15, 0.2) is 28.8 Å². The van der Waals surface area contributed by atoms with Crippen molar-refractivity contribution in [3.05, 3.63) is 41.3 Å². The van der Waals surface area contributed by atoms with Crippen LogP contribution in [0, 0.1) is 6.92 Å². The summed E-state index contributed by atoms with van der Waals surface area (Å²) in [6.07, 6.45) is 0.198. The lowest BCUT2D eigenvalue weighted by atomic mass is 10.0. The molecule has 2 aromatic rings. The monoisotopic (exact) mass is 347 g/mol. The quantitative estimate of drug-likeness (QED) is 0.787. The third-order valence-corrected chi connectivity index (χ3v) is 3.93. The van der Waals surface area contributed by atoms with E-state index in [0.717, 1.165) is 5.56 Å². The van der Waals surface area contributed by atoms with Crippen LogP contribution in [0.4, 0.5) is 0 Å². The smallest absolute Gasteiger partial charge is 0.226 e. The summed E-state index contributed by atoms with van der Waals surface area (Å²) in [7, 11) is 7.14. The molecule has 1 unspecified atom stereocenters. The van der Waals surface area contributed by atoms with Gasteiger partial charge < -0.3 is 24.2 Å². The summed E-state index contributed by atoms with van der Waals surface area (Å²) in [4.78, 5) is 14.2. The first-order chi connectivity index (χ1) is 11.9. The van der Waals surface area contributed by atoms with Crippen molar-refractivity contribution >= 4 is 5.91 Å². The molecule has 25 heavy (non-hydrogen) atoms. The molecule has 0 aliphatic heterocycles. The fraction of sp³-hybridized carbons (Fsp3) is 0.444. The van der Waals surface area contributed by atoms with Gasteiger partial charge in [-0.3, -0.25) is 4.79 Å². The molecular weight excluding hydrogens is 322 g/mol. The van der Waals surface area contributed by atoms with Crippen molar-refractivity contribution in [3.8, 4) is 11.5 Å². The normalized spacial score (nSPS) is 12.1. The molecule has 0 aliphatic carbocycles. The number of nitrogens with zero attached hydrogens (tertiary/aromatic N) is 2. The van der Waals surface area contributed by atoms with E-state index < -0.39 is 0 Å². The first kappa shape index (κ1) is 18.8. The Labute approximate surface area is 147 Å². The molecule has 0 spiro atoms. The number of carbonyl (C=O) groups is 1. The predicted molar refractivity (Wildman–Crippen MR) is 93.9 cm³/mol. The van der Waals surface area contributed by atoms with Crippen LogP contribution in [0.3, 0.4) is 0 Å². The van der Waals surface area contributed by atoms with Gasteiger partial charge >= 0.3 is 0 Å². The van der Waals surface area contributed by atoms with Gasteiger partial charge in [-0.1, -0.05) is 11.2 Å². The molecule has 0 saturated heterocycles. The summed E-state index contributed by atoms with van der Waals surface area (Å²) < 4.78 is 15.6. The molecule has 0 bridgehead atoms. The number of ether oxygens (including phenoxy) is 2. The Hall–Kier alpha value is -2.54. The molecule has 7 heteroatoms. The molecule has 0 aliphatic rings. The zero-order valence-electron chi connectivity index (χ0n) is 15.3. The van der Waals surface area contributed by atoms with Gasteiger partial charge in [0.2, 0.25) is 5.91 Å². The molecular formula is C18H25N3O4. The van der Waals surface area contributed by atoms with Crippen molar-refractivity contribution < 1.29 is 18.8 Å². The second-order valence-corrected chi connectivity index (χ2v) is 6.00. The van der Waals surface area contributed by atoms with E-state index in [9.17, 15) is 4.79 Å². The highest BCUT2D eigenvalue weighted by Crippen LogP contribution is 2.31. The Morgan fingerprint density at radius 3 is 2.52 bits per heavy atom. The minimum atomic E-state index is -0.0966. The molecule has 1 N–H and O–H groups in total. The Balaban J connectivity index is 2.04. The van der Waals surface area contributed by atoms with E-state index in [1.54, 1.807) is 27.2 Å². The SMILES string of the molecule is COc1ccc(C(CNC(=O)Cc2cc(C)on2)N(C)C)cc1OC. The maximum Gasteiger partial charge on any atom is 0.226 e. The molecule has 0 radical (unpaired) electrons. The average Bonchev–Trinajstić information content (AvgIpc) is 2.99. The predicted octanol–water partition coefficient (Wildman–Crippen LogP) is 1.96. The summed E-state index contributed by atoms with van der Waals surface area (Å²) >= 11 is 0. The van der Waals surface area contributed by atoms with E-state index in [-0.39, 0.29) is 18.4 Å².